The molecule has 2 heterocycles. The first kappa shape index (κ1) is 18.0. The van der Waals surface area contributed by atoms with Crippen LogP contribution in [0.3, 0.4) is 0 Å². The number of halogens is 1. The van der Waals surface area contributed by atoms with E-state index >= 15 is 0 Å². The minimum atomic E-state index is -0.287. The Hall–Kier alpha value is -1.38. The van der Waals surface area contributed by atoms with Crippen LogP contribution >= 0.6 is 23.8 Å². The van der Waals surface area contributed by atoms with Gasteiger partial charge in [0.25, 0.3) is 5.91 Å². The van der Waals surface area contributed by atoms with E-state index in [0.717, 1.165) is 5.69 Å². The van der Waals surface area contributed by atoms with Crippen LogP contribution < -0.4 is 11.1 Å². The Kier molecular flexibility index (Phi) is 6.20. The Morgan fingerprint density at radius 2 is 2.35 bits per heavy atom. The van der Waals surface area contributed by atoms with Crippen molar-refractivity contribution >= 4 is 34.8 Å². The number of aromatic amines is 1. The minimum Gasteiger partial charge on any atom is -0.376 e. The summed E-state index contributed by atoms with van der Waals surface area (Å²) >= 11 is 11.0. The first-order valence-corrected chi connectivity index (χ1v) is 8.46. The maximum Gasteiger partial charge on any atom is 0.287 e. The number of carbonyl (C=O) groups excluding carboxylic acids is 1. The molecule has 7 nitrogen and oxygen atoms in total. The third kappa shape index (κ3) is 4.33. The topological polar surface area (TPSA) is 96.3 Å². The van der Waals surface area contributed by atoms with Gasteiger partial charge in [-0.25, -0.2) is 4.98 Å². The molecule has 128 valence electrons. The lowest BCUT2D eigenvalue weighted by Gasteiger charge is -2.38. The molecular weight excluding hydrogens is 338 g/mol. The molecule has 1 aromatic rings. The molecule has 2 rings (SSSR count). The molecule has 0 unspecified atom stereocenters. The van der Waals surface area contributed by atoms with Crippen molar-refractivity contribution in [2.75, 3.05) is 19.7 Å². The number of amides is 1. The van der Waals surface area contributed by atoms with Gasteiger partial charge in [-0.3, -0.25) is 4.79 Å². The Morgan fingerprint density at radius 3 is 2.91 bits per heavy atom. The zero-order valence-corrected chi connectivity index (χ0v) is 14.8. The molecule has 0 saturated carbocycles. The molecule has 0 spiro atoms. The Labute approximate surface area is 145 Å². The van der Waals surface area contributed by atoms with Gasteiger partial charge in [-0.2, -0.15) is 0 Å². The summed E-state index contributed by atoms with van der Waals surface area (Å²) in [4.78, 5) is 21.3. The Bertz CT molecular complexity index is 580. The fraction of sp³-hybridized carbons (Fsp3) is 0.643. The number of thiocarbonyl (C=S) groups is 1. The van der Waals surface area contributed by atoms with Crippen LogP contribution in [0, 0.1) is 0 Å². The number of nitrogens with one attached hydrogen (secondary N) is 2. The van der Waals surface area contributed by atoms with Crippen molar-refractivity contribution in [2.24, 2.45) is 5.73 Å². The smallest absolute Gasteiger partial charge is 0.287 e. The number of likely N-dealkylation sites (tertiary alicyclic amines) is 1. The predicted octanol–water partition coefficient (Wildman–Crippen LogP) is 1.08. The summed E-state index contributed by atoms with van der Waals surface area (Å²) in [5.41, 5.74) is 6.43. The highest BCUT2D eigenvalue weighted by molar-refractivity contribution is 7.80. The van der Waals surface area contributed by atoms with E-state index in [1.54, 1.807) is 0 Å². The van der Waals surface area contributed by atoms with Crippen LogP contribution in [0.2, 0.25) is 5.15 Å². The van der Waals surface area contributed by atoms with E-state index in [1.807, 2.05) is 18.7 Å². The first-order valence-electron chi connectivity index (χ1n) is 7.67. The maximum absolute atomic E-state index is 12.4. The SMILES string of the molecule is CCO[C@H]1CN(C(N)=S)CC[C@H]1NC(=O)c1nc(Cl)c(CC)[nH]1. The van der Waals surface area contributed by atoms with Gasteiger partial charge in [-0.05, 0) is 32.0 Å². The molecule has 1 saturated heterocycles. The number of carbonyl (C=O) groups is 1. The summed E-state index contributed by atoms with van der Waals surface area (Å²) in [5, 5.41) is 3.65. The van der Waals surface area contributed by atoms with E-state index in [1.165, 1.54) is 0 Å². The predicted molar refractivity (Wildman–Crippen MR) is 92.6 cm³/mol. The van der Waals surface area contributed by atoms with Crippen LogP contribution in [0.5, 0.6) is 0 Å². The second-order valence-corrected chi connectivity index (χ2v) is 6.13. The monoisotopic (exact) mass is 359 g/mol. The van der Waals surface area contributed by atoms with Crippen LogP contribution in [0.25, 0.3) is 0 Å². The summed E-state index contributed by atoms with van der Waals surface area (Å²) in [5.74, 6) is -0.0658. The number of nitrogens with two attached hydrogens (primary N) is 1. The number of imidazole rings is 1. The average Bonchev–Trinajstić information content (AvgIpc) is 2.90. The van der Waals surface area contributed by atoms with Gasteiger partial charge in [-0.1, -0.05) is 18.5 Å². The van der Waals surface area contributed by atoms with Gasteiger partial charge in [0.1, 0.15) is 0 Å². The minimum absolute atomic E-state index is 0.123. The normalized spacial score (nSPS) is 21.3. The second-order valence-electron chi connectivity index (χ2n) is 5.36. The van der Waals surface area contributed by atoms with E-state index in [0.29, 0.717) is 42.8 Å². The number of piperidine rings is 1. The van der Waals surface area contributed by atoms with E-state index in [2.05, 4.69) is 15.3 Å². The zero-order valence-electron chi connectivity index (χ0n) is 13.3. The third-order valence-electron chi connectivity index (χ3n) is 3.86. The van der Waals surface area contributed by atoms with E-state index in [-0.39, 0.29) is 23.9 Å². The first-order chi connectivity index (χ1) is 11.0. The molecule has 23 heavy (non-hydrogen) atoms. The molecule has 2 atom stereocenters. The van der Waals surface area contributed by atoms with Crippen molar-refractivity contribution in [1.82, 2.24) is 20.2 Å². The molecule has 0 aromatic carbocycles. The molecular formula is C14H22ClN5O2S. The second kappa shape index (κ2) is 7.94. The number of aromatic nitrogens is 2. The van der Waals surface area contributed by atoms with Crippen molar-refractivity contribution in [3.63, 3.8) is 0 Å². The molecule has 1 aliphatic heterocycles. The molecule has 1 fully saturated rings. The number of hydrogen-bond acceptors (Lipinski definition) is 4. The van der Waals surface area contributed by atoms with Crippen molar-refractivity contribution in [1.29, 1.82) is 0 Å². The lowest BCUT2D eigenvalue weighted by molar-refractivity contribution is 0.000528. The van der Waals surface area contributed by atoms with Gasteiger partial charge in [-0.15, -0.1) is 0 Å². The summed E-state index contributed by atoms with van der Waals surface area (Å²) in [7, 11) is 0. The third-order valence-corrected chi connectivity index (χ3v) is 4.44. The quantitative estimate of drug-likeness (QED) is 0.681. The van der Waals surface area contributed by atoms with E-state index < -0.39 is 0 Å². The van der Waals surface area contributed by atoms with Crippen molar-refractivity contribution in [3.8, 4) is 0 Å². The van der Waals surface area contributed by atoms with Crippen LogP contribution in [0.15, 0.2) is 0 Å². The summed E-state index contributed by atoms with van der Waals surface area (Å²) in [6.07, 6.45) is 1.21. The number of aryl methyl sites for hydroxylation is 1. The molecule has 0 aliphatic carbocycles. The average molecular weight is 360 g/mol. The number of H-pyrrole nitrogens is 1. The molecule has 0 radical (unpaired) electrons. The lowest BCUT2D eigenvalue weighted by atomic mass is 10.0. The number of ether oxygens (including phenoxy) is 1. The van der Waals surface area contributed by atoms with Gasteiger partial charge < -0.3 is 25.7 Å². The van der Waals surface area contributed by atoms with Gasteiger partial charge in [0.15, 0.2) is 16.1 Å². The fourth-order valence-corrected chi connectivity index (χ4v) is 3.06. The van der Waals surface area contributed by atoms with Crippen molar-refractivity contribution in [3.05, 3.63) is 16.7 Å². The van der Waals surface area contributed by atoms with Gasteiger partial charge in [0, 0.05) is 19.7 Å². The fourth-order valence-electron chi connectivity index (χ4n) is 2.63. The van der Waals surface area contributed by atoms with Gasteiger partial charge in [0.05, 0.1) is 17.8 Å². The standard InChI is InChI=1S/C14H22ClN5O2S/c1-3-8-11(15)19-12(17-8)13(21)18-9-5-6-20(14(16)23)7-10(9)22-4-2/h9-10H,3-7H2,1-2H3,(H2,16,23)(H,17,19)(H,18,21)/t9-,10+/m1/s1. The van der Waals surface area contributed by atoms with Crippen molar-refractivity contribution in [2.45, 2.75) is 38.8 Å². The number of rotatable bonds is 5. The van der Waals surface area contributed by atoms with Crippen LogP contribution in [0.1, 0.15) is 36.6 Å². The van der Waals surface area contributed by atoms with Gasteiger partial charge >= 0.3 is 0 Å². The number of nitrogens with zero attached hydrogens (tertiary/aromatic N) is 2. The highest BCUT2D eigenvalue weighted by atomic mass is 35.5. The Morgan fingerprint density at radius 1 is 1.61 bits per heavy atom. The van der Waals surface area contributed by atoms with Crippen molar-refractivity contribution < 1.29 is 9.53 Å². The highest BCUT2D eigenvalue weighted by Gasteiger charge is 2.32. The van der Waals surface area contributed by atoms with E-state index in [4.69, 9.17) is 34.3 Å². The maximum atomic E-state index is 12.4. The summed E-state index contributed by atoms with van der Waals surface area (Å²) in [6, 6.07) is -0.123. The molecule has 1 aromatic heterocycles. The van der Waals surface area contributed by atoms with Gasteiger partial charge in [0.2, 0.25) is 0 Å². The molecule has 4 N–H and O–H groups in total. The van der Waals surface area contributed by atoms with Crippen LogP contribution in [-0.4, -0.2) is 57.7 Å². The summed E-state index contributed by atoms with van der Waals surface area (Å²) in [6.45, 7) is 5.65. The lowest BCUT2D eigenvalue weighted by Crippen LogP contribution is -2.57. The number of hydrogen-bond donors (Lipinski definition) is 3. The van der Waals surface area contributed by atoms with Crippen LogP contribution in [0.4, 0.5) is 0 Å². The molecule has 1 aliphatic rings. The van der Waals surface area contributed by atoms with E-state index in [9.17, 15) is 4.79 Å². The summed E-state index contributed by atoms with van der Waals surface area (Å²) < 4.78 is 5.73. The van der Waals surface area contributed by atoms with Crippen LogP contribution in [-0.2, 0) is 11.2 Å². The Balaban J connectivity index is 2.04. The molecule has 0 bridgehead atoms. The highest BCUT2D eigenvalue weighted by Crippen LogP contribution is 2.16. The zero-order chi connectivity index (χ0) is 17.0. The largest absolute Gasteiger partial charge is 0.376 e. The molecule has 9 heteroatoms. The molecule has 1 amide bonds.